The molecule has 0 spiro atoms. The molecule has 122 valence electrons. The Morgan fingerprint density at radius 3 is 2.96 bits per heavy atom. The number of hydrogen-bond acceptors (Lipinski definition) is 5. The summed E-state index contributed by atoms with van der Waals surface area (Å²) in [5.41, 5.74) is 2.24. The Labute approximate surface area is 135 Å². The zero-order valence-electron chi connectivity index (χ0n) is 13.6. The van der Waals surface area contributed by atoms with Crippen molar-refractivity contribution >= 4 is 5.91 Å². The van der Waals surface area contributed by atoms with E-state index in [2.05, 4.69) is 20.4 Å². The lowest BCUT2D eigenvalue weighted by atomic mass is 9.99. The van der Waals surface area contributed by atoms with E-state index < -0.39 is 0 Å². The predicted octanol–water partition coefficient (Wildman–Crippen LogP) is 1.33. The standard InChI is InChI=1S/C16H21N5O2/c1-10-8-13(20-11(2)19-10)16(22)17-9-12-5-7-23-15(12)14-4-6-18-21(14)3/h4,6,8,12,15H,5,7,9H2,1-3H3,(H,17,22)/t12-,15+/m0/s1. The number of amides is 1. The van der Waals surface area contributed by atoms with Crippen molar-refractivity contribution < 1.29 is 9.53 Å². The molecule has 0 radical (unpaired) electrons. The molecular formula is C16H21N5O2. The van der Waals surface area contributed by atoms with Crippen molar-refractivity contribution in [2.75, 3.05) is 13.2 Å². The molecular weight excluding hydrogens is 294 g/mol. The summed E-state index contributed by atoms with van der Waals surface area (Å²) in [5, 5.41) is 7.16. The Kier molecular flexibility index (Phi) is 4.38. The first-order chi connectivity index (χ1) is 11.0. The first-order valence-corrected chi connectivity index (χ1v) is 7.74. The second kappa shape index (κ2) is 6.45. The summed E-state index contributed by atoms with van der Waals surface area (Å²) in [7, 11) is 1.90. The lowest BCUT2D eigenvalue weighted by Gasteiger charge is -2.19. The number of rotatable bonds is 4. The van der Waals surface area contributed by atoms with Gasteiger partial charge in [-0.05, 0) is 32.4 Å². The zero-order valence-corrected chi connectivity index (χ0v) is 13.6. The molecule has 0 aliphatic carbocycles. The smallest absolute Gasteiger partial charge is 0.270 e. The topological polar surface area (TPSA) is 81.9 Å². The zero-order chi connectivity index (χ0) is 16.4. The van der Waals surface area contributed by atoms with Gasteiger partial charge in [0.15, 0.2) is 0 Å². The van der Waals surface area contributed by atoms with Crippen LogP contribution in [0.3, 0.4) is 0 Å². The molecule has 7 heteroatoms. The van der Waals surface area contributed by atoms with E-state index >= 15 is 0 Å². The molecule has 0 aromatic carbocycles. The molecule has 0 bridgehead atoms. The first kappa shape index (κ1) is 15.6. The molecule has 1 fully saturated rings. The van der Waals surface area contributed by atoms with Gasteiger partial charge in [0.1, 0.15) is 17.6 Å². The molecule has 3 rings (SSSR count). The molecule has 3 heterocycles. The van der Waals surface area contributed by atoms with Crippen molar-refractivity contribution in [3.63, 3.8) is 0 Å². The van der Waals surface area contributed by atoms with Crippen LogP contribution >= 0.6 is 0 Å². The van der Waals surface area contributed by atoms with Crippen molar-refractivity contribution in [1.29, 1.82) is 0 Å². The van der Waals surface area contributed by atoms with Gasteiger partial charge in [-0.3, -0.25) is 9.48 Å². The number of aryl methyl sites for hydroxylation is 3. The monoisotopic (exact) mass is 315 g/mol. The van der Waals surface area contributed by atoms with E-state index in [9.17, 15) is 4.79 Å². The first-order valence-electron chi connectivity index (χ1n) is 7.74. The third kappa shape index (κ3) is 3.39. The Morgan fingerprint density at radius 1 is 1.43 bits per heavy atom. The minimum atomic E-state index is -0.172. The maximum Gasteiger partial charge on any atom is 0.270 e. The molecule has 2 aromatic rings. The summed E-state index contributed by atoms with van der Waals surface area (Å²) in [4.78, 5) is 20.7. The third-order valence-electron chi connectivity index (χ3n) is 4.09. The van der Waals surface area contributed by atoms with E-state index in [0.717, 1.165) is 17.8 Å². The Morgan fingerprint density at radius 2 is 2.26 bits per heavy atom. The number of hydrogen-bond donors (Lipinski definition) is 1. The summed E-state index contributed by atoms with van der Waals surface area (Å²) in [6.45, 7) is 4.89. The predicted molar refractivity (Wildman–Crippen MR) is 83.8 cm³/mol. The molecule has 0 saturated carbocycles. The van der Waals surface area contributed by atoms with Crippen LogP contribution in [0.4, 0.5) is 0 Å². The Balaban J connectivity index is 1.65. The normalized spacial score (nSPS) is 20.7. The number of ether oxygens (including phenoxy) is 1. The van der Waals surface area contributed by atoms with Crippen LogP contribution in [0.1, 0.15) is 40.2 Å². The Hall–Kier alpha value is -2.28. The lowest BCUT2D eigenvalue weighted by Crippen LogP contribution is -2.31. The SMILES string of the molecule is Cc1cc(C(=O)NC[C@@H]2CCO[C@H]2c2ccnn2C)nc(C)n1. The number of carbonyl (C=O) groups excluding carboxylic acids is 1. The van der Waals surface area contributed by atoms with Crippen LogP contribution in [0.15, 0.2) is 18.3 Å². The van der Waals surface area contributed by atoms with E-state index in [-0.39, 0.29) is 17.9 Å². The Bertz CT molecular complexity index is 692. The highest BCUT2D eigenvalue weighted by Crippen LogP contribution is 2.33. The van der Waals surface area contributed by atoms with E-state index in [0.29, 0.717) is 24.7 Å². The molecule has 1 aliphatic rings. The van der Waals surface area contributed by atoms with Gasteiger partial charge in [0, 0.05) is 38.0 Å². The molecule has 1 aliphatic heterocycles. The summed E-state index contributed by atoms with van der Waals surface area (Å²) < 4.78 is 7.65. The van der Waals surface area contributed by atoms with Crippen LogP contribution in [-0.2, 0) is 11.8 Å². The fourth-order valence-electron chi connectivity index (χ4n) is 2.98. The minimum Gasteiger partial charge on any atom is -0.372 e. The number of nitrogens with zero attached hydrogens (tertiary/aromatic N) is 4. The molecule has 2 atom stereocenters. The van der Waals surface area contributed by atoms with Crippen LogP contribution < -0.4 is 5.32 Å². The minimum absolute atomic E-state index is 0.0309. The third-order valence-corrected chi connectivity index (χ3v) is 4.09. The maximum atomic E-state index is 12.3. The lowest BCUT2D eigenvalue weighted by molar-refractivity contribution is 0.0799. The van der Waals surface area contributed by atoms with E-state index in [4.69, 9.17) is 4.74 Å². The van der Waals surface area contributed by atoms with Crippen LogP contribution in [0.25, 0.3) is 0 Å². The van der Waals surface area contributed by atoms with Crippen molar-refractivity contribution in [3.8, 4) is 0 Å². The van der Waals surface area contributed by atoms with Crippen molar-refractivity contribution in [2.45, 2.75) is 26.4 Å². The van der Waals surface area contributed by atoms with Crippen LogP contribution in [-0.4, -0.2) is 38.8 Å². The average molecular weight is 315 g/mol. The van der Waals surface area contributed by atoms with E-state index in [1.807, 2.05) is 24.7 Å². The van der Waals surface area contributed by atoms with Crippen LogP contribution in [0.2, 0.25) is 0 Å². The van der Waals surface area contributed by atoms with Crippen molar-refractivity contribution in [3.05, 3.63) is 41.2 Å². The van der Waals surface area contributed by atoms with E-state index in [1.165, 1.54) is 0 Å². The van der Waals surface area contributed by atoms with Crippen LogP contribution in [0, 0.1) is 19.8 Å². The van der Waals surface area contributed by atoms with Crippen molar-refractivity contribution in [2.24, 2.45) is 13.0 Å². The van der Waals surface area contributed by atoms with E-state index in [1.54, 1.807) is 19.2 Å². The van der Waals surface area contributed by atoms with Gasteiger partial charge in [-0.25, -0.2) is 9.97 Å². The average Bonchev–Trinajstić information content (AvgIpc) is 3.11. The second-order valence-electron chi connectivity index (χ2n) is 5.87. The van der Waals surface area contributed by atoms with Gasteiger partial charge in [0.25, 0.3) is 5.91 Å². The van der Waals surface area contributed by atoms with Gasteiger partial charge in [-0.2, -0.15) is 5.10 Å². The highest BCUT2D eigenvalue weighted by molar-refractivity contribution is 5.92. The van der Waals surface area contributed by atoms with Gasteiger partial charge in [-0.1, -0.05) is 0 Å². The highest BCUT2D eigenvalue weighted by Gasteiger charge is 2.31. The molecule has 1 saturated heterocycles. The summed E-state index contributed by atoms with van der Waals surface area (Å²) >= 11 is 0. The van der Waals surface area contributed by atoms with Gasteiger partial charge in [0.05, 0.1) is 5.69 Å². The largest absolute Gasteiger partial charge is 0.372 e. The van der Waals surface area contributed by atoms with Gasteiger partial charge >= 0.3 is 0 Å². The quantitative estimate of drug-likeness (QED) is 0.920. The number of aromatic nitrogens is 4. The molecule has 2 aromatic heterocycles. The van der Waals surface area contributed by atoms with Gasteiger partial charge < -0.3 is 10.1 Å². The number of nitrogens with one attached hydrogen (secondary N) is 1. The summed E-state index contributed by atoms with van der Waals surface area (Å²) in [6, 6.07) is 3.66. The summed E-state index contributed by atoms with van der Waals surface area (Å²) in [6.07, 6.45) is 2.65. The fraction of sp³-hybridized carbons (Fsp3) is 0.500. The van der Waals surface area contributed by atoms with Gasteiger partial charge in [-0.15, -0.1) is 0 Å². The number of carbonyl (C=O) groups is 1. The molecule has 0 unspecified atom stereocenters. The molecule has 23 heavy (non-hydrogen) atoms. The molecule has 7 nitrogen and oxygen atoms in total. The molecule has 1 N–H and O–H groups in total. The molecule has 1 amide bonds. The second-order valence-corrected chi connectivity index (χ2v) is 5.87. The van der Waals surface area contributed by atoms with Crippen molar-refractivity contribution in [1.82, 2.24) is 25.1 Å². The van der Waals surface area contributed by atoms with Gasteiger partial charge in [0.2, 0.25) is 0 Å². The fourth-order valence-corrected chi connectivity index (χ4v) is 2.98. The maximum absolute atomic E-state index is 12.3. The summed E-state index contributed by atoms with van der Waals surface area (Å²) in [5.74, 6) is 0.666. The van der Waals surface area contributed by atoms with Crippen LogP contribution in [0.5, 0.6) is 0 Å². The highest BCUT2D eigenvalue weighted by atomic mass is 16.5.